The second-order valence-corrected chi connectivity index (χ2v) is 8.27. The van der Waals surface area contributed by atoms with Crippen LogP contribution in [0.1, 0.15) is 18.7 Å². The van der Waals surface area contributed by atoms with Gasteiger partial charge in [-0.3, -0.25) is 4.90 Å². The number of nitrogens with one attached hydrogen (secondary N) is 1. The first-order chi connectivity index (χ1) is 12.6. The first-order valence-corrected chi connectivity index (χ1v) is 10.2. The van der Waals surface area contributed by atoms with Crippen LogP contribution < -0.4 is 4.72 Å². The molecule has 7 heteroatoms. The van der Waals surface area contributed by atoms with Crippen LogP contribution >= 0.6 is 0 Å². The van der Waals surface area contributed by atoms with Crippen molar-refractivity contribution in [2.75, 3.05) is 13.1 Å². The van der Waals surface area contributed by atoms with Crippen LogP contribution in [0.3, 0.4) is 0 Å². The molecule has 26 heavy (non-hydrogen) atoms. The van der Waals surface area contributed by atoms with Crippen molar-refractivity contribution in [3.05, 3.63) is 60.5 Å². The zero-order valence-corrected chi connectivity index (χ0v) is 15.2. The van der Waals surface area contributed by atoms with E-state index in [1.807, 2.05) is 30.3 Å². The number of rotatable bonds is 5. The van der Waals surface area contributed by atoms with Gasteiger partial charge in [-0.15, -0.1) is 0 Å². The Balaban J connectivity index is 1.34. The van der Waals surface area contributed by atoms with Gasteiger partial charge in [0.25, 0.3) is 0 Å². The summed E-state index contributed by atoms with van der Waals surface area (Å²) in [4.78, 5) is 7.07. The van der Waals surface area contributed by atoms with Crippen LogP contribution in [-0.4, -0.2) is 37.4 Å². The van der Waals surface area contributed by atoms with Gasteiger partial charge in [0, 0.05) is 19.1 Å². The molecule has 136 valence electrons. The van der Waals surface area contributed by atoms with E-state index in [4.69, 9.17) is 4.42 Å². The molecule has 0 unspecified atom stereocenters. The Morgan fingerprint density at radius 1 is 1.04 bits per heavy atom. The maximum atomic E-state index is 12.4. The van der Waals surface area contributed by atoms with E-state index < -0.39 is 10.0 Å². The molecule has 3 aromatic rings. The molecular weight excluding hydrogens is 350 g/mol. The number of benzene rings is 2. The summed E-state index contributed by atoms with van der Waals surface area (Å²) in [5, 5.41) is 0. The van der Waals surface area contributed by atoms with E-state index in [0.29, 0.717) is 17.3 Å². The highest BCUT2D eigenvalue weighted by molar-refractivity contribution is 7.89. The molecule has 0 saturated carbocycles. The Kier molecular flexibility index (Phi) is 4.76. The Bertz CT molecular complexity index is 944. The lowest BCUT2D eigenvalue weighted by molar-refractivity contribution is 0.185. The average Bonchev–Trinajstić information content (AvgIpc) is 3.06. The summed E-state index contributed by atoms with van der Waals surface area (Å²) in [6, 6.07) is 16.2. The number of hydrogen-bond donors (Lipinski definition) is 1. The lowest BCUT2D eigenvalue weighted by Gasteiger charge is -2.31. The standard InChI is InChI=1S/C19H21N3O3S/c23-26(24,16-6-2-1-3-7-16)21-15-10-12-22(13-11-15)14-19-20-17-8-4-5-9-18(17)25-19/h1-9,15,21H,10-14H2. The number of aromatic nitrogens is 1. The highest BCUT2D eigenvalue weighted by Crippen LogP contribution is 2.19. The fourth-order valence-electron chi connectivity index (χ4n) is 3.27. The van der Waals surface area contributed by atoms with Gasteiger partial charge in [-0.1, -0.05) is 30.3 Å². The summed E-state index contributed by atoms with van der Waals surface area (Å²) in [7, 11) is -3.45. The van der Waals surface area contributed by atoms with E-state index in [-0.39, 0.29) is 6.04 Å². The number of para-hydroxylation sites is 2. The molecule has 1 aromatic heterocycles. The molecule has 1 N–H and O–H groups in total. The normalized spacial score (nSPS) is 16.9. The van der Waals surface area contributed by atoms with Crippen molar-refractivity contribution >= 4 is 21.1 Å². The molecule has 6 nitrogen and oxygen atoms in total. The number of fused-ring (bicyclic) bond motifs is 1. The molecule has 1 aliphatic rings. The van der Waals surface area contributed by atoms with E-state index in [9.17, 15) is 8.42 Å². The van der Waals surface area contributed by atoms with Gasteiger partial charge in [0.2, 0.25) is 15.9 Å². The van der Waals surface area contributed by atoms with Crippen molar-refractivity contribution < 1.29 is 12.8 Å². The Morgan fingerprint density at radius 3 is 2.46 bits per heavy atom. The molecule has 0 amide bonds. The lowest BCUT2D eigenvalue weighted by Crippen LogP contribution is -2.44. The fraction of sp³-hybridized carbons (Fsp3) is 0.316. The molecule has 0 radical (unpaired) electrons. The van der Waals surface area contributed by atoms with Crippen LogP contribution in [0.15, 0.2) is 63.9 Å². The van der Waals surface area contributed by atoms with E-state index in [1.54, 1.807) is 24.3 Å². The number of likely N-dealkylation sites (tertiary alicyclic amines) is 1. The number of piperidine rings is 1. The third-order valence-corrected chi connectivity index (χ3v) is 6.20. The van der Waals surface area contributed by atoms with Crippen molar-refractivity contribution in [3.63, 3.8) is 0 Å². The van der Waals surface area contributed by atoms with E-state index in [0.717, 1.165) is 37.0 Å². The largest absolute Gasteiger partial charge is 0.439 e. The highest BCUT2D eigenvalue weighted by atomic mass is 32.2. The summed E-state index contributed by atoms with van der Waals surface area (Å²) in [6.07, 6.45) is 1.54. The highest BCUT2D eigenvalue weighted by Gasteiger charge is 2.25. The van der Waals surface area contributed by atoms with Crippen LogP contribution in [0.2, 0.25) is 0 Å². The maximum Gasteiger partial charge on any atom is 0.240 e. The molecule has 1 fully saturated rings. The van der Waals surface area contributed by atoms with Crippen LogP contribution in [0.25, 0.3) is 11.1 Å². The summed E-state index contributed by atoms with van der Waals surface area (Å²) in [6.45, 7) is 2.26. The van der Waals surface area contributed by atoms with Crippen LogP contribution in [0, 0.1) is 0 Å². The minimum absolute atomic E-state index is 0.0416. The van der Waals surface area contributed by atoms with E-state index in [2.05, 4.69) is 14.6 Å². The monoisotopic (exact) mass is 371 g/mol. The third kappa shape index (κ3) is 3.80. The maximum absolute atomic E-state index is 12.4. The van der Waals surface area contributed by atoms with Crippen molar-refractivity contribution in [2.45, 2.75) is 30.3 Å². The molecule has 1 saturated heterocycles. The Labute approximate surface area is 152 Å². The minimum atomic E-state index is -3.45. The second kappa shape index (κ2) is 7.19. The van der Waals surface area contributed by atoms with Gasteiger partial charge in [0.05, 0.1) is 11.4 Å². The first kappa shape index (κ1) is 17.2. The Morgan fingerprint density at radius 2 is 1.73 bits per heavy atom. The molecule has 2 heterocycles. The third-order valence-electron chi connectivity index (χ3n) is 4.66. The molecule has 0 spiro atoms. The molecule has 1 aliphatic heterocycles. The number of hydrogen-bond acceptors (Lipinski definition) is 5. The average molecular weight is 371 g/mol. The second-order valence-electron chi connectivity index (χ2n) is 6.56. The summed E-state index contributed by atoms with van der Waals surface area (Å²) < 4.78 is 33.4. The number of sulfonamides is 1. The molecule has 4 rings (SSSR count). The van der Waals surface area contributed by atoms with E-state index in [1.165, 1.54) is 0 Å². The number of nitrogens with zero attached hydrogens (tertiary/aromatic N) is 2. The molecule has 2 aromatic carbocycles. The smallest absolute Gasteiger partial charge is 0.240 e. The predicted molar refractivity (Wildman–Crippen MR) is 99.1 cm³/mol. The quantitative estimate of drug-likeness (QED) is 0.746. The molecule has 0 bridgehead atoms. The van der Waals surface area contributed by atoms with Gasteiger partial charge >= 0.3 is 0 Å². The van der Waals surface area contributed by atoms with Gasteiger partial charge < -0.3 is 4.42 Å². The SMILES string of the molecule is O=S(=O)(NC1CCN(Cc2nc3ccccc3o2)CC1)c1ccccc1. The zero-order chi connectivity index (χ0) is 18.0. The fourth-order valence-corrected chi connectivity index (χ4v) is 4.60. The van der Waals surface area contributed by atoms with Gasteiger partial charge in [0.1, 0.15) is 5.52 Å². The van der Waals surface area contributed by atoms with Crippen LogP contribution in [-0.2, 0) is 16.6 Å². The van der Waals surface area contributed by atoms with Crippen molar-refractivity contribution in [1.29, 1.82) is 0 Å². The van der Waals surface area contributed by atoms with Gasteiger partial charge in [0.15, 0.2) is 5.58 Å². The molecule has 0 atom stereocenters. The summed E-state index contributed by atoms with van der Waals surface area (Å²) in [5.74, 6) is 0.703. The van der Waals surface area contributed by atoms with Crippen LogP contribution in [0.4, 0.5) is 0 Å². The molecular formula is C19H21N3O3S. The zero-order valence-electron chi connectivity index (χ0n) is 14.3. The van der Waals surface area contributed by atoms with Gasteiger partial charge in [-0.05, 0) is 37.1 Å². The topological polar surface area (TPSA) is 75.4 Å². The van der Waals surface area contributed by atoms with Gasteiger partial charge in [-0.2, -0.15) is 0 Å². The van der Waals surface area contributed by atoms with Crippen LogP contribution in [0.5, 0.6) is 0 Å². The summed E-state index contributed by atoms with van der Waals surface area (Å²) >= 11 is 0. The minimum Gasteiger partial charge on any atom is -0.439 e. The van der Waals surface area contributed by atoms with E-state index >= 15 is 0 Å². The summed E-state index contributed by atoms with van der Waals surface area (Å²) in [5.41, 5.74) is 1.67. The molecule has 0 aliphatic carbocycles. The first-order valence-electron chi connectivity index (χ1n) is 8.74. The lowest BCUT2D eigenvalue weighted by atomic mass is 10.1. The Hall–Kier alpha value is -2.22. The number of oxazole rings is 1. The predicted octanol–water partition coefficient (Wildman–Crippen LogP) is 2.77. The van der Waals surface area contributed by atoms with Crippen molar-refractivity contribution in [1.82, 2.24) is 14.6 Å². The van der Waals surface area contributed by atoms with Crippen molar-refractivity contribution in [2.24, 2.45) is 0 Å². The van der Waals surface area contributed by atoms with Crippen molar-refractivity contribution in [3.8, 4) is 0 Å². The van der Waals surface area contributed by atoms with Gasteiger partial charge in [-0.25, -0.2) is 18.1 Å².